The minimum Gasteiger partial charge on any atom is -0.497 e. The second-order valence-corrected chi connectivity index (χ2v) is 5.34. The van der Waals surface area contributed by atoms with Gasteiger partial charge in [0.25, 0.3) is 0 Å². The number of hydrogen-bond donors (Lipinski definition) is 1. The molecule has 7 nitrogen and oxygen atoms in total. The van der Waals surface area contributed by atoms with Crippen molar-refractivity contribution in [1.29, 1.82) is 0 Å². The number of carbonyl (C=O) groups excluding carboxylic acids is 2. The molecule has 0 atom stereocenters. The SMILES string of the molecule is COc1ccc(N2CCN(CC(=O)Nc3cccnc3)C2=O)cc1. The van der Waals surface area contributed by atoms with E-state index in [1.807, 2.05) is 12.1 Å². The van der Waals surface area contributed by atoms with Crippen LogP contribution in [0.25, 0.3) is 0 Å². The van der Waals surface area contributed by atoms with Crippen LogP contribution in [0.5, 0.6) is 5.75 Å². The first-order chi connectivity index (χ1) is 11.7. The van der Waals surface area contributed by atoms with Crippen LogP contribution in [0.2, 0.25) is 0 Å². The molecule has 0 bridgehead atoms. The maximum absolute atomic E-state index is 12.5. The highest BCUT2D eigenvalue weighted by Gasteiger charge is 2.30. The van der Waals surface area contributed by atoms with Crippen LogP contribution < -0.4 is 15.0 Å². The largest absolute Gasteiger partial charge is 0.497 e. The van der Waals surface area contributed by atoms with Gasteiger partial charge in [-0.1, -0.05) is 0 Å². The Kier molecular flexibility index (Phi) is 4.60. The molecule has 1 aliphatic heterocycles. The van der Waals surface area contributed by atoms with Gasteiger partial charge in [0.2, 0.25) is 5.91 Å². The van der Waals surface area contributed by atoms with Crippen molar-refractivity contribution in [3.05, 3.63) is 48.8 Å². The number of methoxy groups -OCH3 is 1. The normalized spacial score (nSPS) is 14.0. The summed E-state index contributed by atoms with van der Waals surface area (Å²) in [6.07, 6.45) is 3.19. The molecule has 7 heteroatoms. The quantitative estimate of drug-likeness (QED) is 0.911. The van der Waals surface area contributed by atoms with Gasteiger partial charge in [0.05, 0.1) is 19.0 Å². The number of nitrogens with one attached hydrogen (secondary N) is 1. The standard InChI is InChI=1S/C17H18N4O3/c1-24-15-6-4-14(5-7-15)21-10-9-20(17(21)23)12-16(22)19-13-3-2-8-18-11-13/h2-8,11H,9-10,12H2,1H3,(H,19,22). The first-order valence-corrected chi connectivity index (χ1v) is 7.58. The fourth-order valence-electron chi connectivity index (χ4n) is 2.54. The average Bonchev–Trinajstić information content (AvgIpc) is 2.96. The van der Waals surface area contributed by atoms with E-state index >= 15 is 0 Å². The lowest BCUT2D eigenvalue weighted by Gasteiger charge is -2.18. The molecule has 0 spiro atoms. The molecule has 3 amide bonds. The molecule has 0 aliphatic carbocycles. The number of carbonyl (C=O) groups is 2. The minimum absolute atomic E-state index is 0.0143. The number of anilines is 2. The van der Waals surface area contributed by atoms with Gasteiger partial charge >= 0.3 is 6.03 Å². The summed E-state index contributed by atoms with van der Waals surface area (Å²) in [5.74, 6) is 0.492. The fraction of sp³-hybridized carbons (Fsp3) is 0.235. The smallest absolute Gasteiger partial charge is 0.325 e. The first-order valence-electron chi connectivity index (χ1n) is 7.58. The van der Waals surface area contributed by atoms with Crippen molar-refractivity contribution in [2.75, 3.05) is 37.0 Å². The van der Waals surface area contributed by atoms with Gasteiger partial charge in [-0.2, -0.15) is 0 Å². The van der Waals surface area contributed by atoms with Crippen molar-refractivity contribution in [1.82, 2.24) is 9.88 Å². The maximum atomic E-state index is 12.5. The second-order valence-electron chi connectivity index (χ2n) is 5.34. The van der Waals surface area contributed by atoms with Gasteiger partial charge in [0.1, 0.15) is 12.3 Å². The minimum atomic E-state index is -0.243. The number of nitrogens with zero attached hydrogens (tertiary/aromatic N) is 3. The summed E-state index contributed by atoms with van der Waals surface area (Å²) < 4.78 is 5.12. The van der Waals surface area contributed by atoms with E-state index in [4.69, 9.17) is 4.74 Å². The maximum Gasteiger partial charge on any atom is 0.325 e. The monoisotopic (exact) mass is 326 g/mol. The summed E-state index contributed by atoms with van der Waals surface area (Å²) in [6, 6.07) is 10.6. The van der Waals surface area contributed by atoms with Gasteiger partial charge in [-0.15, -0.1) is 0 Å². The highest BCUT2D eigenvalue weighted by molar-refractivity contribution is 5.99. The zero-order valence-electron chi connectivity index (χ0n) is 13.3. The number of pyridine rings is 1. The van der Waals surface area contributed by atoms with E-state index in [0.29, 0.717) is 18.8 Å². The summed E-state index contributed by atoms with van der Waals surface area (Å²) in [7, 11) is 1.60. The molecule has 24 heavy (non-hydrogen) atoms. The third-order valence-electron chi connectivity index (χ3n) is 3.76. The molecule has 0 radical (unpaired) electrons. The molecular formula is C17H18N4O3. The van der Waals surface area contributed by atoms with E-state index in [0.717, 1.165) is 11.4 Å². The third-order valence-corrected chi connectivity index (χ3v) is 3.76. The molecular weight excluding hydrogens is 308 g/mol. The lowest BCUT2D eigenvalue weighted by Crippen LogP contribution is -2.37. The van der Waals surface area contributed by atoms with E-state index in [1.165, 1.54) is 4.90 Å². The Labute approximate surface area is 139 Å². The Bertz CT molecular complexity index is 718. The van der Waals surface area contributed by atoms with Crippen LogP contribution in [0.3, 0.4) is 0 Å². The molecule has 124 valence electrons. The summed E-state index contributed by atoms with van der Waals surface area (Å²) in [4.78, 5) is 31.7. The van der Waals surface area contributed by atoms with Gasteiger partial charge in [0, 0.05) is 25.0 Å². The summed E-state index contributed by atoms with van der Waals surface area (Å²) in [5, 5.41) is 2.73. The highest BCUT2D eigenvalue weighted by atomic mass is 16.5. The van der Waals surface area contributed by atoms with Crippen molar-refractivity contribution in [3.63, 3.8) is 0 Å². The molecule has 3 rings (SSSR count). The van der Waals surface area contributed by atoms with Crippen molar-refractivity contribution in [3.8, 4) is 5.75 Å². The molecule has 0 unspecified atom stereocenters. The molecule has 0 saturated carbocycles. The topological polar surface area (TPSA) is 74.8 Å². The molecule has 1 aromatic carbocycles. The third kappa shape index (κ3) is 3.45. The summed E-state index contributed by atoms with van der Waals surface area (Å²) >= 11 is 0. The number of rotatable bonds is 5. The van der Waals surface area contributed by atoms with Crippen molar-refractivity contribution in [2.45, 2.75) is 0 Å². The summed E-state index contributed by atoms with van der Waals surface area (Å²) in [5.41, 5.74) is 1.40. The van der Waals surface area contributed by atoms with E-state index < -0.39 is 0 Å². The van der Waals surface area contributed by atoms with Crippen LogP contribution >= 0.6 is 0 Å². The number of benzene rings is 1. The van der Waals surface area contributed by atoms with Crippen molar-refractivity contribution in [2.24, 2.45) is 0 Å². The first kappa shape index (κ1) is 15.8. The lowest BCUT2D eigenvalue weighted by atomic mass is 10.3. The molecule has 1 aromatic heterocycles. The van der Waals surface area contributed by atoms with Crippen LogP contribution in [-0.2, 0) is 4.79 Å². The predicted molar refractivity (Wildman–Crippen MR) is 90.2 cm³/mol. The Balaban J connectivity index is 1.60. The van der Waals surface area contributed by atoms with Crippen LogP contribution in [0.1, 0.15) is 0 Å². The van der Waals surface area contributed by atoms with Gasteiger partial charge < -0.3 is 15.0 Å². The average molecular weight is 326 g/mol. The molecule has 1 saturated heterocycles. The van der Waals surface area contributed by atoms with Gasteiger partial charge in [-0.3, -0.25) is 14.7 Å². The van der Waals surface area contributed by atoms with E-state index in [9.17, 15) is 9.59 Å². The predicted octanol–water partition coefficient (Wildman–Crippen LogP) is 1.97. The van der Waals surface area contributed by atoms with E-state index in [-0.39, 0.29) is 18.5 Å². The molecule has 2 heterocycles. The highest BCUT2D eigenvalue weighted by Crippen LogP contribution is 2.23. The summed E-state index contributed by atoms with van der Waals surface area (Å²) in [6.45, 7) is 1.07. The zero-order valence-corrected chi connectivity index (χ0v) is 13.3. The zero-order chi connectivity index (χ0) is 16.9. The van der Waals surface area contributed by atoms with Gasteiger partial charge in [-0.05, 0) is 36.4 Å². The Hall–Kier alpha value is -3.09. The number of amides is 3. The molecule has 1 aliphatic rings. The van der Waals surface area contributed by atoms with Crippen LogP contribution in [-0.4, -0.2) is 48.6 Å². The number of ether oxygens (including phenoxy) is 1. The van der Waals surface area contributed by atoms with E-state index in [2.05, 4.69) is 10.3 Å². The Morgan fingerprint density at radius 1 is 1.25 bits per heavy atom. The van der Waals surface area contributed by atoms with Crippen LogP contribution in [0.15, 0.2) is 48.8 Å². The van der Waals surface area contributed by atoms with Crippen LogP contribution in [0, 0.1) is 0 Å². The number of aromatic nitrogens is 1. The Morgan fingerprint density at radius 3 is 2.71 bits per heavy atom. The molecule has 1 N–H and O–H groups in total. The van der Waals surface area contributed by atoms with Gasteiger partial charge in [0.15, 0.2) is 0 Å². The van der Waals surface area contributed by atoms with Crippen LogP contribution in [0.4, 0.5) is 16.2 Å². The second kappa shape index (κ2) is 6.99. The number of hydrogen-bond acceptors (Lipinski definition) is 4. The fourth-order valence-corrected chi connectivity index (χ4v) is 2.54. The molecule has 1 fully saturated rings. The van der Waals surface area contributed by atoms with Crippen molar-refractivity contribution < 1.29 is 14.3 Å². The Morgan fingerprint density at radius 2 is 2.04 bits per heavy atom. The van der Waals surface area contributed by atoms with E-state index in [1.54, 1.807) is 48.7 Å². The van der Waals surface area contributed by atoms with Crippen molar-refractivity contribution >= 4 is 23.3 Å². The number of urea groups is 1. The lowest BCUT2D eigenvalue weighted by molar-refractivity contribution is -0.116. The molecule has 2 aromatic rings. The van der Waals surface area contributed by atoms with Gasteiger partial charge in [-0.25, -0.2) is 4.79 Å².